The summed E-state index contributed by atoms with van der Waals surface area (Å²) >= 11 is 0. The van der Waals surface area contributed by atoms with Crippen molar-refractivity contribution in [2.75, 3.05) is 31.4 Å². The van der Waals surface area contributed by atoms with Gasteiger partial charge >= 0.3 is 0 Å². The Bertz CT molecular complexity index is 1110. The Hall–Kier alpha value is -3.62. The second kappa shape index (κ2) is 10.8. The maximum Gasteiger partial charge on any atom is 0.225 e. The van der Waals surface area contributed by atoms with Gasteiger partial charge in [0.15, 0.2) is 5.82 Å². The van der Waals surface area contributed by atoms with E-state index in [9.17, 15) is 4.79 Å². The molecular weight excluding hydrogens is 420 g/mol. The normalized spacial score (nSPS) is 12.6. The molecule has 9 heteroatoms. The van der Waals surface area contributed by atoms with Crippen LogP contribution >= 0.6 is 0 Å². The average Bonchev–Trinajstić information content (AvgIpc) is 2.81. The molecule has 9 nitrogen and oxygen atoms in total. The maximum absolute atomic E-state index is 11.5. The topological polar surface area (TPSA) is 110 Å². The molecular formula is C24H32N6O3. The number of benzene rings is 1. The summed E-state index contributed by atoms with van der Waals surface area (Å²) in [4.78, 5) is 25.4. The molecule has 0 aliphatic heterocycles. The summed E-state index contributed by atoms with van der Waals surface area (Å²) in [5, 5.41) is 9.73. The van der Waals surface area contributed by atoms with E-state index in [0.29, 0.717) is 36.1 Å². The summed E-state index contributed by atoms with van der Waals surface area (Å²) in [7, 11) is 3.25. The van der Waals surface area contributed by atoms with Gasteiger partial charge in [0.25, 0.3) is 0 Å². The molecule has 3 N–H and O–H groups in total. The molecule has 0 spiro atoms. The minimum Gasteiger partial charge on any atom is -0.497 e. The molecule has 1 unspecified atom stereocenters. The zero-order chi connectivity index (χ0) is 23.8. The van der Waals surface area contributed by atoms with Crippen molar-refractivity contribution in [3.05, 3.63) is 42.1 Å². The SMILES string of the molecule is CCCC(C)(CNC(C)=O)Nc1nc(NCc2ccc(OC)cc2OC)nc2cccnc12. The van der Waals surface area contributed by atoms with E-state index < -0.39 is 5.54 Å². The number of hydrogen-bond acceptors (Lipinski definition) is 8. The first kappa shape index (κ1) is 24.0. The zero-order valence-corrected chi connectivity index (χ0v) is 19.9. The summed E-state index contributed by atoms with van der Waals surface area (Å²) in [6.07, 6.45) is 3.51. The van der Waals surface area contributed by atoms with Crippen LogP contribution in [0.2, 0.25) is 0 Å². The number of rotatable bonds is 11. The second-order valence-corrected chi connectivity index (χ2v) is 8.14. The van der Waals surface area contributed by atoms with Crippen LogP contribution in [-0.2, 0) is 11.3 Å². The molecule has 2 heterocycles. The highest BCUT2D eigenvalue weighted by atomic mass is 16.5. The van der Waals surface area contributed by atoms with Crippen molar-refractivity contribution in [2.45, 2.75) is 45.7 Å². The van der Waals surface area contributed by atoms with E-state index >= 15 is 0 Å². The average molecular weight is 453 g/mol. The van der Waals surface area contributed by atoms with Crippen molar-refractivity contribution >= 4 is 28.7 Å². The molecule has 176 valence electrons. The molecule has 0 saturated heterocycles. The second-order valence-electron chi connectivity index (χ2n) is 8.14. The van der Waals surface area contributed by atoms with E-state index in [4.69, 9.17) is 14.5 Å². The van der Waals surface area contributed by atoms with Crippen LogP contribution in [0.1, 0.15) is 39.2 Å². The predicted molar refractivity (Wildman–Crippen MR) is 130 cm³/mol. The largest absolute Gasteiger partial charge is 0.497 e. The quantitative estimate of drug-likeness (QED) is 0.403. The predicted octanol–water partition coefficient (Wildman–Crippen LogP) is 3.76. The first-order valence-electron chi connectivity index (χ1n) is 11.0. The summed E-state index contributed by atoms with van der Waals surface area (Å²) in [6.45, 7) is 6.64. The lowest BCUT2D eigenvalue weighted by atomic mass is 9.95. The number of nitrogens with zero attached hydrogens (tertiary/aromatic N) is 3. The minimum atomic E-state index is -0.393. The lowest BCUT2D eigenvalue weighted by Gasteiger charge is -2.31. The van der Waals surface area contributed by atoms with Gasteiger partial charge in [0.05, 0.1) is 25.3 Å². The number of aromatic nitrogens is 3. The van der Waals surface area contributed by atoms with Crippen molar-refractivity contribution < 1.29 is 14.3 Å². The summed E-state index contributed by atoms with van der Waals surface area (Å²) in [5.74, 6) is 2.46. The molecule has 3 aromatic rings. The molecule has 1 aromatic carbocycles. The monoisotopic (exact) mass is 452 g/mol. The van der Waals surface area contributed by atoms with Crippen LogP contribution in [0, 0.1) is 0 Å². The molecule has 0 radical (unpaired) electrons. The number of amides is 1. The third-order valence-corrected chi connectivity index (χ3v) is 5.34. The van der Waals surface area contributed by atoms with Gasteiger partial charge in [-0.15, -0.1) is 0 Å². The van der Waals surface area contributed by atoms with Gasteiger partial charge in [-0.2, -0.15) is 4.98 Å². The molecule has 1 atom stereocenters. The number of ether oxygens (including phenoxy) is 2. The first-order valence-corrected chi connectivity index (χ1v) is 11.0. The Kier molecular flexibility index (Phi) is 7.87. The highest BCUT2D eigenvalue weighted by Crippen LogP contribution is 2.27. The third-order valence-electron chi connectivity index (χ3n) is 5.34. The fourth-order valence-corrected chi connectivity index (χ4v) is 3.66. The molecule has 0 fully saturated rings. The van der Waals surface area contributed by atoms with Crippen LogP contribution in [-0.4, -0.2) is 47.2 Å². The van der Waals surface area contributed by atoms with Crippen molar-refractivity contribution in [1.29, 1.82) is 0 Å². The van der Waals surface area contributed by atoms with Gasteiger partial charge in [-0.1, -0.05) is 13.3 Å². The first-order chi connectivity index (χ1) is 15.9. The van der Waals surface area contributed by atoms with E-state index in [1.165, 1.54) is 6.92 Å². The Labute approximate surface area is 194 Å². The standard InChI is InChI=1S/C24H32N6O3/c1-6-11-24(3,15-27-16(2)31)30-22-21-19(8-7-12-25-21)28-23(29-22)26-14-17-9-10-18(32-4)13-20(17)33-5/h7-10,12-13H,6,11,14-15H2,1-5H3,(H,27,31)(H2,26,28,29,30). The Morgan fingerprint density at radius 2 is 1.97 bits per heavy atom. The van der Waals surface area contributed by atoms with Crippen molar-refractivity contribution in [3.63, 3.8) is 0 Å². The molecule has 33 heavy (non-hydrogen) atoms. The van der Waals surface area contributed by atoms with Gasteiger partial charge < -0.3 is 25.4 Å². The third kappa shape index (κ3) is 6.21. The van der Waals surface area contributed by atoms with Crippen LogP contribution < -0.4 is 25.4 Å². The molecule has 0 bridgehead atoms. The summed E-state index contributed by atoms with van der Waals surface area (Å²) in [6, 6.07) is 9.42. The maximum atomic E-state index is 11.5. The van der Waals surface area contributed by atoms with E-state index in [1.54, 1.807) is 20.4 Å². The van der Waals surface area contributed by atoms with Crippen LogP contribution in [0.15, 0.2) is 36.5 Å². The molecule has 0 saturated carbocycles. The van der Waals surface area contributed by atoms with Crippen molar-refractivity contribution in [1.82, 2.24) is 20.3 Å². The van der Waals surface area contributed by atoms with E-state index in [2.05, 4.69) is 39.8 Å². The Morgan fingerprint density at radius 3 is 2.67 bits per heavy atom. The Balaban J connectivity index is 1.89. The van der Waals surface area contributed by atoms with E-state index in [-0.39, 0.29) is 5.91 Å². The van der Waals surface area contributed by atoms with Gasteiger partial charge in [-0.3, -0.25) is 9.78 Å². The number of carbonyl (C=O) groups excluding carboxylic acids is 1. The molecule has 3 rings (SSSR count). The number of anilines is 2. The van der Waals surface area contributed by atoms with Crippen LogP contribution in [0.3, 0.4) is 0 Å². The number of nitrogens with one attached hydrogen (secondary N) is 3. The van der Waals surface area contributed by atoms with Gasteiger partial charge in [0.1, 0.15) is 17.0 Å². The number of hydrogen-bond donors (Lipinski definition) is 3. The summed E-state index contributed by atoms with van der Waals surface area (Å²) in [5.41, 5.74) is 1.95. The fourth-order valence-electron chi connectivity index (χ4n) is 3.66. The van der Waals surface area contributed by atoms with Gasteiger partial charge in [0.2, 0.25) is 11.9 Å². The smallest absolute Gasteiger partial charge is 0.225 e. The summed E-state index contributed by atoms with van der Waals surface area (Å²) < 4.78 is 10.8. The van der Waals surface area contributed by atoms with Crippen molar-refractivity contribution in [2.24, 2.45) is 0 Å². The van der Waals surface area contributed by atoms with E-state index in [1.807, 2.05) is 30.3 Å². The van der Waals surface area contributed by atoms with Gasteiger partial charge in [-0.25, -0.2) is 4.98 Å². The number of pyridine rings is 1. The van der Waals surface area contributed by atoms with Gasteiger partial charge in [-0.05, 0) is 37.6 Å². The van der Waals surface area contributed by atoms with E-state index in [0.717, 1.165) is 29.7 Å². The van der Waals surface area contributed by atoms with Crippen LogP contribution in [0.25, 0.3) is 11.0 Å². The van der Waals surface area contributed by atoms with Gasteiger partial charge in [0, 0.05) is 37.8 Å². The fraction of sp³-hybridized carbons (Fsp3) is 0.417. The zero-order valence-electron chi connectivity index (χ0n) is 19.9. The van der Waals surface area contributed by atoms with Crippen LogP contribution in [0.4, 0.5) is 11.8 Å². The number of carbonyl (C=O) groups is 1. The Morgan fingerprint density at radius 1 is 1.15 bits per heavy atom. The minimum absolute atomic E-state index is 0.0689. The molecule has 2 aromatic heterocycles. The highest BCUT2D eigenvalue weighted by molar-refractivity contribution is 5.86. The molecule has 0 aliphatic carbocycles. The van der Waals surface area contributed by atoms with Crippen LogP contribution in [0.5, 0.6) is 11.5 Å². The molecule has 1 amide bonds. The number of methoxy groups -OCH3 is 2. The lowest BCUT2D eigenvalue weighted by Crippen LogP contribution is -2.46. The lowest BCUT2D eigenvalue weighted by molar-refractivity contribution is -0.119. The molecule has 0 aliphatic rings. The highest BCUT2D eigenvalue weighted by Gasteiger charge is 2.25. The van der Waals surface area contributed by atoms with Crippen molar-refractivity contribution in [3.8, 4) is 11.5 Å². The number of fused-ring (bicyclic) bond motifs is 1.